The maximum Gasteiger partial charge on any atom is 0.573 e. The molecule has 11 heteroatoms. The normalized spacial score (nSPS) is 11.8. The van der Waals surface area contributed by atoms with Gasteiger partial charge in [0.2, 0.25) is 0 Å². The summed E-state index contributed by atoms with van der Waals surface area (Å²) in [7, 11) is 2.76. The first-order chi connectivity index (χ1) is 15.5. The average molecular weight is 472 g/mol. The van der Waals surface area contributed by atoms with Crippen LogP contribution in [0.1, 0.15) is 36.1 Å². The van der Waals surface area contributed by atoms with Crippen LogP contribution in [0.15, 0.2) is 46.7 Å². The molecule has 0 saturated heterocycles. The monoisotopic (exact) mass is 472 g/mol. The van der Waals surface area contributed by atoms with Crippen LogP contribution in [0, 0.1) is 12.7 Å². The molecule has 0 fully saturated rings. The minimum Gasteiger partial charge on any atom is -0.471 e. The van der Waals surface area contributed by atoms with Gasteiger partial charge >= 0.3 is 6.36 Å². The molecular formula is C22H24F4N2O5. The first-order valence-electron chi connectivity index (χ1n) is 9.39. The van der Waals surface area contributed by atoms with E-state index < -0.39 is 17.9 Å². The largest absolute Gasteiger partial charge is 0.573 e. The Morgan fingerprint density at radius 2 is 1.67 bits per heavy atom. The smallest absolute Gasteiger partial charge is 0.471 e. The van der Waals surface area contributed by atoms with Crippen LogP contribution < -0.4 is 4.74 Å². The number of halogens is 4. The number of ether oxygens (including phenoxy) is 2. The number of benzene rings is 2. The molecule has 7 nitrogen and oxygen atoms in total. The number of carbonyl (C=O) groups is 1. The van der Waals surface area contributed by atoms with Crippen LogP contribution in [0.5, 0.6) is 5.75 Å². The number of hydrogen-bond acceptors (Lipinski definition) is 7. The molecule has 2 aromatic rings. The summed E-state index contributed by atoms with van der Waals surface area (Å²) in [6.45, 7) is 5.64. The molecule has 0 bridgehead atoms. The molecule has 180 valence electrons. The quantitative estimate of drug-likeness (QED) is 0.230. The van der Waals surface area contributed by atoms with Crippen molar-refractivity contribution in [2.45, 2.75) is 33.7 Å². The molecule has 0 aliphatic rings. The van der Waals surface area contributed by atoms with Crippen LogP contribution in [0.2, 0.25) is 0 Å². The molecule has 0 aromatic heterocycles. The molecule has 2 rings (SSSR count). The molecule has 0 spiro atoms. The van der Waals surface area contributed by atoms with E-state index in [-0.39, 0.29) is 17.9 Å². The molecule has 0 amide bonds. The highest BCUT2D eigenvalue weighted by Crippen LogP contribution is 2.25. The van der Waals surface area contributed by atoms with E-state index in [1.54, 1.807) is 6.92 Å². The van der Waals surface area contributed by atoms with Crippen LogP contribution in [0.4, 0.5) is 17.6 Å². The number of hydrogen-bond donors (Lipinski definition) is 0. The highest BCUT2D eigenvalue weighted by molar-refractivity contribution is 6.00. The Hall–Kier alpha value is -3.63. The predicted molar refractivity (Wildman–Crippen MR) is 114 cm³/mol. The van der Waals surface area contributed by atoms with Gasteiger partial charge in [0.25, 0.3) is 6.47 Å². The highest BCUT2D eigenvalue weighted by Gasteiger charge is 2.31. The van der Waals surface area contributed by atoms with Crippen LogP contribution in [-0.4, -0.2) is 38.5 Å². The Morgan fingerprint density at radius 1 is 1.03 bits per heavy atom. The van der Waals surface area contributed by atoms with Gasteiger partial charge in [0.1, 0.15) is 25.3 Å². The van der Waals surface area contributed by atoms with E-state index in [0.29, 0.717) is 18.3 Å². The zero-order valence-electron chi connectivity index (χ0n) is 18.7. The molecule has 0 radical (unpaired) electrons. The van der Waals surface area contributed by atoms with E-state index >= 15 is 0 Å². The average Bonchev–Trinajstić information content (AvgIpc) is 2.74. The van der Waals surface area contributed by atoms with Crippen LogP contribution in [0.3, 0.4) is 0 Å². The predicted octanol–water partition coefficient (Wildman–Crippen LogP) is 5.13. The third-order valence-corrected chi connectivity index (χ3v) is 4.10. The molecule has 33 heavy (non-hydrogen) atoms. The zero-order valence-corrected chi connectivity index (χ0v) is 18.7. The summed E-state index contributed by atoms with van der Waals surface area (Å²) in [6, 6.07) is 8.43. The van der Waals surface area contributed by atoms with Crippen molar-refractivity contribution in [2.24, 2.45) is 10.3 Å². The van der Waals surface area contributed by atoms with Gasteiger partial charge in [0.05, 0.1) is 18.5 Å². The summed E-state index contributed by atoms with van der Waals surface area (Å²) in [5.41, 5.74) is 3.42. The van der Waals surface area contributed by atoms with Gasteiger partial charge in [0, 0.05) is 22.8 Å². The molecule has 0 unspecified atom stereocenters. The summed E-state index contributed by atoms with van der Waals surface area (Å²) in [5.74, 6) is -1.55. The van der Waals surface area contributed by atoms with Gasteiger partial charge in [-0.15, -0.1) is 13.2 Å². The van der Waals surface area contributed by atoms with E-state index in [9.17, 15) is 17.6 Å². The Bertz CT molecular complexity index is 991. The summed E-state index contributed by atoms with van der Waals surface area (Å²) >= 11 is 0. The maximum absolute atomic E-state index is 14.1. The Balaban J connectivity index is 0.00000125. The van der Waals surface area contributed by atoms with Crippen molar-refractivity contribution in [1.29, 1.82) is 0 Å². The first kappa shape index (κ1) is 27.4. The lowest BCUT2D eigenvalue weighted by Crippen LogP contribution is -2.17. The van der Waals surface area contributed by atoms with Gasteiger partial charge in [-0.3, -0.25) is 4.79 Å². The van der Waals surface area contributed by atoms with Crippen LogP contribution >= 0.6 is 0 Å². The second-order valence-electron chi connectivity index (χ2n) is 6.43. The van der Waals surface area contributed by atoms with Crippen molar-refractivity contribution >= 4 is 17.9 Å². The van der Waals surface area contributed by atoms with Gasteiger partial charge in [0.15, 0.2) is 0 Å². The number of aryl methyl sites for hydroxylation is 1. The zero-order chi connectivity index (χ0) is 25.0. The minimum atomic E-state index is -4.89. The van der Waals surface area contributed by atoms with Crippen LogP contribution in [-0.2, 0) is 25.8 Å². The van der Waals surface area contributed by atoms with Gasteiger partial charge in [-0.1, -0.05) is 28.5 Å². The van der Waals surface area contributed by atoms with E-state index in [0.717, 1.165) is 28.8 Å². The third kappa shape index (κ3) is 9.17. The fourth-order valence-electron chi connectivity index (χ4n) is 2.65. The fourth-order valence-corrected chi connectivity index (χ4v) is 2.65. The molecule has 2 aromatic carbocycles. The Morgan fingerprint density at radius 3 is 2.21 bits per heavy atom. The van der Waals surface area contributed by atoms with Crippen molar-refractivity contribution in [3.05, 3.63) is 64.5 Å². The summed E-state index contributed by atoms with van der Waals surface area (Å²) in [5, 5.41) is 7.80. The topological polar surface area (TPSA) is 78.7 Å². The van der Waals surface area contributed by atoms with Crippen molar-refractivity contribution in [3.8, 4) is 5.75 Å². The second-order valence-corrected chi connectivity index (χ2v) is 6.43. The highest BCUT2D eigenvalue weighted by atomic mass is 19.4. The van der Waals surface area contributed by atoms with Crippen LogP contribution in [0.25, 0.3) is 0 Å². The Kier molecular flexibility index (Phi) is 10.8. The van der Waals surface area contributed by atoms with Gasteiger partial charge in [-0.25, -0.2) is 4.39 Å². The molecule has 0 aliphatic carbocycles. The number of nitrogens with zero attached hydrogens (tertiary/aromatic N) is 2. The number of carbonyl (C=O) groups excluding carboxylic acids is 1. The van der Waals surface area contributed by atoms with E-state index in [1.807, 2.05) is 25.1 Å². The number of methoxy groups -OCH3 is 1. The van der Waals surface area contributed by atoms with Gasteiger partial charge < -0.3 is 19.1 Å². The molecule has 0 saturated carbocycles. The number of rotatable bonds is 8. The second kappa shape index (κ2) is 13.0. The third-order valence-electron chi connectivity index (χ3n) is 4.10. The summed E-state index contributed by atoms with van der Waals surface area (Å²) in [4.78, 5) is 19.1. The van der Waals surface area contributed by atoms with Crippen molar-refractivity contribution in [1.82, 2.24) is 0 Å². The minimum absolute atomic E-state index is 0.00153. The Labute approximate surface area is 188 Å². The summed E-state index contributed by atoms with van der Waals surface area (Å²) < 4.78 is 58.4. The molecule has 0 atom stereocenters. The lowest BCUT2D eigenvalue weighted by atomic mass is 10.00. The first-order valence-corrected chi connectivity index (χ1v) is 9.39. The van der Waals surface area contributed by atoms with Crippen molar-refractivity contribution in [2.75, 3.05) is 14.2 Å². The van der Waals surface area contributed by atoms with E-state index in [2.05, 4.69) is 19.8 Å². The van der Waals surface area contributed by atoms with Gasteiger partial charge in [-0.2, -0.15) is 0 Å². The lowest BCUT2D eigenvalue weighted by Gasteiger charge is -2.12. The molecule has 0 N–H and O–H groups in total. The molecular weight excluding hydrogens is 448 g/mol. The maximum atomic E-state index is 14.1. The SMILES string of the molecule is CO/N=C(/C)c1cccc(C)c1CO/N=C(\C)c1ccc(OC(F)(F)F)cc1F.COC=O. The fraction of sp³-hybridized carbons (Fsp3) is 0.318. The van der Waals surface area contributed by atoms with E-state index in [1.165, 1.54) is 21.1 Å². The lowest BCUT2D eigenvalue weighted by molar-refractivity contribution is -0.274. The molecule has 0 aliphatic heterocycles. The van der Waals surface area contributed by atoms with Crippen molar-refractivity contribution in [3.63, 3.8) is 0 Å². The van der Waals surface area contributed by atoms with E-state index in [4.69, 9.17) is 14.5 Å². The standard InChI is InChI=1S/C20H20F4N2O3.C2H4O2/c1-12-6-5-7-16(13(2)25-27-4)18(12)11-28-26-14(3)17-9-8-15(10-19(17)21)29-20(22,23)24;1-4-2-3/h5-10H,11H2,1-4H3;2H,1H3/b25-13-,26-14+;. The molecule has 0 heterocycles. The number of alkyl halides is 3. The van der Waals surface area contributed by atoms with Crippen molar-refractivity contribution < 1.29 is 41.5 Å². The summed E-state index contributed by atoms with van der Waals surface area (Å²) in [6.07, 6.45) is -4.89. The number of oxime groups is 2. The van der Waals surface area contributed by atoms with Gasteiger partial charge in [-0.05, 0) is 38.5 Å².